The third-order valence-electron chi connectivity index (χ3n) is 2.80. The molecule has 2 aromatic rings. The lowest BCUT2D eigenvalue weighted by Crippen LogP contribution is -2.41. The van der Waals surface area contributed by atoms with Crippen LogP contribution >= 0.6 is 46.1 Å². The van der Waals surface area contributed by atoms with Crippen LogP contribution in [0.5, 0.6) is 5.75 Å². The number of hydrogen-bond donors (Lipinski definition) is 0. The number of anilines is 1. The van der Waals surface area contributed by atoms with Gasteiger partial charge in [0.25, 0.3) is 5.91 Å². The molecular weight excluding hydrogens is 424 g/mol. The van der Waals surface area contributed by atoms with Gasteiger partial charge in [0.05, 0.1) is 20.8 Å². The Hall–Kier alpha value is -1.22. The fourth-order valence-corrected chi connectivity index (χ4v) is 3.15. The lowest BCUT2D eigenvalue weighted by molar-refractivity contribution is -0.133. The number of carbonyl (C=O) groups excluding carboxylic acids is 1. The summed E-state index contributed by atoms with van der Waals surface area (Å²) in [6, 6.07) is 2.59. The fraction of sp³-hybridized carbons (Fsp3) is 0.286. The van der Waals surface area contributed by atoms with Gasteiger partial charge in [0.1, 0.15) is 12.3 Å². The summed E-state index contributed by atoms with van der Waals surface area (Å²) in [7, 11) is 0. The smallest absolute Gasteiger partial charge is 0.406 e. The van der Waals surface area contributed by atoms with Gasteiger partial charge in [0, 0.05) is 11.4 Å². The minimum atomic E-state index is -4.59. The molecule has 4 nitrogen and oxygen atoms in total. The molecule has 0 saturated carbocycles. The van der Waals surface area contributed by atoms with Gasteiger partial charge in [-0.1, -0.05) is 34.8 Å². The number of ether oxygens (including phenoxy) is 1. The van der Waals surface area contributed by atoms with E-state index in [1.54, 1.807) is 12.3 Å². The average Bonchev–Trinajstić information content (AvgIpc) is 2.92. The molecule has 0 fully saturated rings. The van der Waals surface area contributed by atoms with E-state index in [2.05, 4.69) is 4.98 Å². The quantitative estimate of drug-likeness (QED) is 0.594. The predicted octanol–water partition coefficient (Wildman–Crippen LogP) is 5.39. The van der Waals surface area contributed by atoms with E-state index in [-0.39, 0.29) is 25.9 Å². The molecule has 0 saturated heterocycles. The molecule has 2 rings (SSSR count). The van der Waals surface area contributed by atoms with Crippen LogP contribution in [0, 0.1) is 6.92 Å². The van der Waals surface area contributed by atoms with E-state index in [9.17, 15) is 18.0 Å². The van der Waals surface area contributed by atoms with E-state index in [4.69, 9.17) is 39.5 Å². The Balaban J connectivity index is 2.16. The molecule has 1 aromatic carbocycles. The molecule has 0 unspecified atom stereocenters. The summed E-state index contributed by atoms with van der Waals surface area (Å²) >= 11 is 18.4. The zero-order valence-corrected chi connectivity index (χ0v) is 15.6. The average molecular weight is 434 g/mol. The van der Waals surface area contributed by atoms with Crippen LogP contribution in [0.15, 0.2) is 17.5 Å². The summed E-state index contributed by atoms with van der Waals surface area (Å²) in [5.41, 5.74) is 0.508. The maximum atomic E-state index is 12.8. The van der Waals surface area contributed by atoms with Gasteiger partial charge in [-0.25, -0.2) is 4.98 Å². The third kappa shape index (κ3) is 5.64. The largest absolute Gasteiger partial charge is 0.482 e. The molecule has 0 spiro atoms. The number of amides is 1. The van der Waals surface area contributed by atoms with Crippen LogP contribution in [-0.2, 0) is 4.79 Å². The Morgan fingerprint density at radius 1 is 1.24 bits per heavy atom. The van der Waals surface area contributed by atoms with Gasteiger partial charge in [0.2, 0.25) is 0 Å². The second-order valence-electron chi connectivity index (χ2n) is 4.85. The summed E-state index contributed by atoms with van der Waals surface area (Å²) in [6.07, 6.45) is -4.59. The number of hydrogen-bond acceptors (Lipinski definition) is 4. The van der Waals surface area contributed by atoms with E-state index >= 15 is 0 Å². The molecule has 0 N–H and O–H groups in total. The van der Waals surface area contributed by atoms with Gasteiger partial charge in [-0.15, -0.1) is 11.3 Å². The van der Waals surface area contributed by atoms with Crippen LogP contribution in [0.1, 0.15) is 5.69 Å². The first-order valence-electron chi connectivity index (χ1n) is 6.63. The molecule has 1 aromatic heterocycles. The zero-order chi connectivity index (χ0) is 18.8. The summed E-state index contributed by atoms with van der Waals surface area (Å²) in [6.45, 7) is -0.536. The monoisotopic (exact) mass is 432 g/mol. The van der Waals surface area contributed by atoms with Gasteiger partial charge in [-0.2, -0.15) is 13.2 Å². The van der Waals surface area contributed by atoms with Crippen molar-refractivity contribution in [2.45, 2.75) is 13.1 Å². The number of nitrogens with zero attached hydrogens (tertiary/aromatic N) is 2. The van der Waals surface area contributed by atoms with Crippen molar-refractivity contribution in [3.8, 4) is 5.75 Å². The van der Waals surface area contributed by atoms with E-state index in [1.165, 1.54) is 12.1 Å². The molecule has 0 atom stereocenters. The highest BCUT2D eigenvalue weighted by atomic mass is 35.5. The number of benzene rings is 1. The summed E-state index contributed by atoms with van der Waals surface area (Å²) in [4.78, 5) is 16.7. The Labute approximate surface area is 160 Å². The van der Waals surface area contributed by atoms with Crippen molar-refractivity contribution in [3.05, 3.63) is 38.3 Å². The van der Waals surface area contributed by atoms with Gasteiger partial charge in [-0.05, 0) is 13.0 Å². The first-order chi connectivity index (χ1) is 11.6. The highest BCUT2D eigenvalue weighted by Crippen LogP contribution is 2.34. The number of aromatic nitrogens is 1. The Kier molecular flexibility index (Phi) is 6.42. The molecule has 25 heavy (non-hydrogen) atoms. The number of carbonyl (C=O) groups is 1. The first-order valence-corrected chi connectivity index (χ1v) is 8.65. The second-order valence-corrected chi connectivity index (χ2v) is 6.91. The number of rotatable bonds is 5. The van der Waals surface area contributed by atoms with Crippen molar-refractivity contribution < 1.29 is 22.7 Å². The molecule has 11 heteroatoms. The fourth-order valence-electron chi connectivity index (χ4n) is 1.74. The third-order valence-corrected chi connectivity index (χ3v) is 4.80. The van der Waals surface area contributed by atoms with E-state index in [1.807, 2.05) is 0 Å². The number of halogens is 6. The zero-order valence-electron chi connectivity index (χ0n) is 12.5. The van der Waals surface area contributed by atoms with Crippen molar-refractivity contribution in [1.29, 1.82) is 0 Å². The van der Waals surface area contributed by atoms with Crippen molar-refractivity contribution in [2.24, 2.45) is 0 Å². The van der Waals surface area contributed by atoms with Crippen LogP contribution in [-0.4, -0.2) is 30.2 Å². The van der Waals surface area contributed by atoms with Crippen LogP contribution in [0.3, 0.4) is 0 Å². The highest BCUT2D eigenvalue weighted by molar-refractivity contribution is 7.14. The minimum Gasteiger partial charge on any atom is -0.482 e. The van der Waals surface area contributed by atoms with Crippen LogP contribution < -0.4 is 9.64 Å². The molecular formula is C14H10Cl3F3N2O2S. The molecule has 0 aliphatic carbocycles. The first kappa shape index (κ1) is 20.1. The topological polar surface area (TPSA) is 42.4 Å². The Bertz CT molecular complexity index is 783. The number of alkyl halides is 3. The Morgan fingerprint density at radius 3 is 2.44 bits per heavy atom. The van der Waals surface area contributed by atoms with Crippen molar-refractivity contribution in [1.82, 2.24) is 4.98 Å². The van der Waals surface area contributed by atoms with Gasteiger partial charge in [-0.3, -0.25) is 9.69 Å². The lowest BCUT2D eigenvalue weighted by atomic mass is 10.3. The van der Waals surface area contributed by atoms with E-state index < -0.39 is 25.2 Å². The molecule has 0 radical (unpaired) electrons. The summed E-state index contributed by atoms with van der Waals surface area (Å²) in [5.74, 6) is -0.888. The van der Waals surface area contributed by atoms with Gasteiger partial charge in [0.15, 0.2) is 11.7 Å². The van der Waals surface area contributed by atoms with Gasteiger partial charge < -0.3 is 4.74 Å². The summed E-state index contributed by atoms with van der Waals surface area (Å²) in [5, 5.41) is 1.87. The second kappa shape index (κ2) is 7.99. The van der Waals surface area contributed by atoms with Crippen molar-refractivity contribution in [2.75, 3.05) is 18.1 Å². The SMILES string of the molecule is Cc1csc(N(CC(F)(F)F)C(=O)COc2cc(Cl)c(Cl)cc2Cl)n1. The molecule has 0 aliphatic heterocycles. The standard InChI is InChI=1S/C14H10Cl3F3N2O2S/c1-7-5-25-13(21-7)22(6-14(18,19)20)12(23)4-24-11-3-9(16)8(15)2-10(11)17/h2-3,5H,4,6H2,1H3. The molecule has 1 heterocycles. The number of aryl methyl sites for hydroxylation is 1. The van der Waals surface area contributed by atoms with Crippen LogP contribution in [0.2, 0.25) is 15.1 Å². The van der Waals surface area contributed by atoms with E-state index in [0.717, 1.165) is 11.3 Å². The molecule has 1 amide bonds. The molecule has 0 aliphatic rings. The number of thiazole rings is 1. The lowest BCUT2D eigenvalue weighted by Gasteiger charge is -2.21. The summed E-state index contributed by atoms with van der Waals surface area (Å²) < 4.78 is 43.5. The van der Waals surface area contributed by atoms with E-state index in [0.29, 0.717) is 10.6 Å². The highest BCUT2D eigenvalue weighted by Gasteiger charge is 2.35. The Morgan fingerprint density at radius 2 is 1.88 bits per heavy atom. The van der Waals surface area contributed by atoms with Gasteiger partial charge >= 0.3 is 6.18 Å². The minimum absolute atomic E-state index is 0.0340. The van der Waals surface area contributed by atoms with Crippen molar-refractivity contribution in [3.63, 3.8) is 0 Å². The normalized spacial score (nSPS) is 11.5. The predicted molar refractivity (Wildman–Crippen MR) is 92.2 cm³/mol. The maximum absolute atomic E-state index is 12.8. The van der Waals surface area contributed by atoms with Crippen LogP contribution in [0.25, 0.3) is 0 Å². The van der Waals surface area contributed by atoms with Crippen molar-refractivity contribution >= 4 is 57.2 Å². The molecule has 136 valence electrons. The maximum Gasteiger partial charge on any atom is 0.406 e. The molecule has 0 bridgehead atoms. The van der Waals surface area contributed by atoms with Crippen LogP contribution in [0.4, 0.5) is 18.3 Å².